The molecular weight excluding hydrogens is 392 g/mol. The van der Waals surface area contributed by atoms with Crippen LogP contribution in [0.25, 0.3) is 0 Å². The molecule has 1 heterocycles. The van der Waals surface area contributed by atoms with Crippen LogP contribution in [-0.2, 0) is 0 Å². The van der Waals surface area contributed by atoms with E-state index >= 15 is 0 Å². The summed E-state index contributed by atoms with van der Waals surface area (Å²) in [5.41, 5.74) is 1.21. The van der Waals surface area contributed by atoms with Crippen molar-refractivity contribution in [1.29, 1.82) is 5.26 Å². The second-order valence-electron chi connectivity index (χ2n) is 5.41. The molecule has 10 heteroatoms. The van der Waals surface area contributed by atoms with E-state index in [4.69, 9.17) is 11.6 Å². The average Bonchev–Trinajstić information content (AvgIpc) is 3.03. The summed E-state index contributed by atoms with van der Waals surface area (Å²) in [5, 5.41) is 29.3. The fourth-order valence-corrected chi connectivity index (χ4v) is 2.47. The maximum atomic E-state index is 12.2. The Kier molecular flexibility index (Phi) is 5.72. The number of nitrogens with zero attached hydrogens (tertiary/aromatic N) is 3. The highest BCUT2D eigenvalue weighted by Crippen LogP contribution is 2.29. The van der Waals surface area contributed by atoms with Crippen molar-refractivity contribution in [2.24, 2.45) is 4.99 Å². The molecule has 142 valence electrons. The van der Waals surface area contributed by atoms with Gasteiger partial charge in [-0.2, -0.15) is 19.1 Å². The Morgan fingerprint density at radius 2 is 2.14 bits per heavy atom. The highest BCUT2D eigenvalue weighted by atomic mass is 35.5. The Morgan fingerprint density at radius 1 is 1.32 bits per heavy atom. The molecule has 0 spiro atoms. The van der Waals surface area contributed by atoms with Crippen molar-refractivity contribution in [3.05, 3.63) is 58.6 Å². The third kappa shape index (κ3) is 4.55. The van der Waals surface area contributed by atoms with Gasteiger partial charge >= 0.3 is 6.61 Å². The topological polar surface area (TPSA) is 106 Å². The molecule has 0 amide bonds. The summed E-state index contributed by atoms with van der Waals surface area (Å²) in [7, 11) is 0. The van der Waals surface area contributed by atoms with Gasteiger partial charge in [0, 0.05) is 16.9 Å². The molecule has 3 aromatic rings. The fraction of sp³-hybridized carbons (Fsp3) is 0.0556. The first-order chi connectivity index (χ1) is 13.5. The van der Waals surface area contributed by atoms with Gasteiger partial charge in [-0.1, -0.05) is 17.7 Å². The van der Waals surface area contributed by atoms with E-state index in [1.54, 1.807) is 24.3 Å². The maximum absolute atomic E-state index is 12.2. The van der Waals surface area contributed by atoms with Gasteiger partial charge in [-0.25, -0.2) is 4.99 Å². The first-order valence-corrected chi connectivity index (χ1v) is 8.17. The molecule has 0 unspecified atom stereocenters. The van der Waals surface area contributed by atoms with E-state index < -0.39 is 12.4 Å². The van der Waals surface area contributed by atoms with Gasteiger partial charge in [0.15, 0.2) is 23.1 Å². The standard InChI is InChI=1S/C18H12ClF2N5O2/c19-11-2-1-3-12(7-11)24-17-13(8-22)16(25-26-17)23-9-10-4-5-15(14(27)6-10)28-18(20)21/h1-7,9,18,27H,(H2,24,25,26)/b23-9+. The van der Waals surface area contributed by atoms with Gasteiger partial charge in [0.1, 0.15) is 11.6 Å². The van der Waals surface area contributed by atoms with Crippen molar-refractivity contribution in [1.82, 2.24) is 10.2 Å². The number of aromatic nitrogens is 2. The minimum Gasteiger partial charge on any atom is -0.504 e. The molecule has 0 fully saturated rings. The largest absolute Gasteiger partial charge is 0.504 e. The Balaban J connectivity index is 1.80. The van der Waals surface area contributed by atoms with Crippen LogP contribution < -0.4 is 10.1 Å². The van der Waals surface area contributed by atoms with Gasteiger partial charge < -0.3 is 15.2 Å². The molecule has 0 bridgehead atoms. The van der Waals surface area contributed by atoms with Crippen LogP contribution in [0.15, 0.2) is 47.5 Å². The molecule has 0 saturated carbocycles. The summed E-state index contributed by atoms with van der Waals surface area (Å²) < 4.78 is 28.6. The number of rotatable bonds is 6. The average molecular weight is 404 g/mol. The number of hydrogen-bond donors (Lipinski definition) is 3. The van der Waals surface area contributed by atoms with Crippen molar-refractivity contribution in [2.75, 3.05) is 5.32 Å². The third-order valence-corrected chi connectivity index (χ3v) is 3.72. The Morgan fingerprint density at radius 3 is 2.82 bits per heavy atom. The number of nitrogens with one attached hydrogen (secondary N) is 2. The Bertz CT molecular complexity index is 1060. The van der Waals surface area contributed by atoms with Crippen LogP contribution in [0.2, 0.25) is 5.02 Å². The lowest BCUT2D eigenvalue weighted by Gasteiger charge is -2.06. The number of H-pyrrole nitrogens is 1. The Hall–Kier alpha value is -3.64. The zero-order valence-corrected chi connectivity index (χ0v) is 14.8. The fourth-order valence-electron chi connectivity index (χ4n) is 2.27. The number of aromatic hydroxyl groups is 1. The molecule has 0 atom stereocenters. The van der Waals surface area contributed by atoms with Crippen molar-refractivity contribution in [3.8, 4) is 17.6 Å². The minimum atomic E-state index is -3.04. The lowest BCUT2D eigenvalue weighted by molar-refractivity contribution is -0.0512. The van der Waals surface area contributed by atoms with Crippen LogP contribution in [0.5, 0.6) is 11.5 Å². The first-order valence-electron chi connectivity index (χ1n) is 7.79. The number of nitriles is 1. The lowest BCUT2D eigenvalue weighted by Crippen LogP contribution is -2.02. The second kappa shape index (κ2) is 8.37. The van der Waals surface area contributed by atoms with Crippen LogP contribution >= 0.6 is 11.6 Å². The molecule has 3 rings (SSSR count). The number of benzene rings is 2. The highest BCUT2D eigenvalue weighted by molar-refractivity contribution is 6.30. The number of phenols is 1. The summed E-state index contributed by atoms with van der Waals surface area (Å²) in [6, 6.07) is 12.7. The number of anilines is 2. The monoisotopic (exact) mass is 403 g/mol. The smallest absolute Gasteiger partial charge is 0.387 e. The molecule has 0 aliphatic heterocycles. The number of ether oxygens (including phenoxy) is 1. The van der Waals surface area contributed by atoms with Crippen molar-refractivity contribution in [3.63, 3.8) is 0 Å². The molecule has 0 aliphatic carbocycles. The predicted molar refractivity (Wildman–Crippen MR) is 100 cm³/mol. The molecular formula is C18H12ClF2N5O2. The van der Waals surface area contributed by atoms with Gasteiger partial charge in [0.2, 0.25) is 0 Å². The number of aromatic amines is 1. The number of alkyl halides is 2. The number of aliphatic imine (C=N–C) groups is 1. The lowest BCUT2D eigenvalue weighted by atomic mass is 10.2. The SMILES string of the molecule is N#Cc1c(Nc2cccc(Cl)c2)n[nH]c1/N=C/c1ccc(OC(F)F)c(O)c1. The van der Waals surface area contributed by atoms with E-state index in [0.717, 1.165) is 0 Å². The van der Waals surface area contributed by atoms with Gasteiger partial charge in [0.05, 0.1) is 0 Å². The molecule has 2 aromatic carbocycles. The third-order valence-electron chi connectivity index (χ3n) is 3.49. The number of phenolic OH excluding ortho intramolecular Hbond substituents is 1. The quantitative estimate of drug-likeness (QED) is 0.515. The maximum Gasteiger partial charge on any atom is 0.387 e. The van der Waals surface area contributed by atoms with E-state index in [1.807, 2.05) is 6.07 Å². The highest BCUT2D eigenvalue weighted by Gasteiger charge is 2.13. The van der Waals surface area contributed by atoms with Crippen LogP contribution in [0.1, 0.15) is 11.1 Å². The molecule has 28 heavy (non-hydrogen) atoms. The van der Waals surface area contributed by atoms with Crippen LogP contribution in [0.4, 0.5) is 26.1 Å². The predicted octanol–water partition coefficient (Wildman–Crippen LogP) is 4.74. The summed E-state index contributed by atoms with van der Waals surface area (Å²) in [5.74, 6) is -0.364. The summed E-state index contributed by atoms with van der Waals surface area (Å²) in [4.78, 5) is 4.13. The zero-order valence-electron chi connectivity index (χ0n) is 14.0. The molecule has 0 saturated heterocycles. The molecule has 7 nitrogen and oxygen atoms in total. The zero-order chi connectivity index (χ0) is 20.1. The molecule has 3 N–H and O–H groups in total. The van der Waals surface area contributed by atoms with Crippen molar-refractivity contribution >= 4 is 35.1 Å². The van der Waals surface area contributed by atoms with Crippen LogP contribution in [-0.4, -0.2) is 28.1 Å². The van der Waals surface area contributed by atoms with E-state index in [-0.39, 0.29) is 22.9 Å². The van der Waals surface area contributed by atoms with E-state index in [2.05, 4.69) is 25.2 Å². The Labute approximate surface area is 162 Å². The van der Waals surface area contributed by atoms with Crippen LogP contribution in [0.3, 0.4) is 0 Å². The molecule has 0 radical (unpaired) electrons. The van der Waals surface area contributed by atoms with Gasteiger partial charge in [-0.15, -0.1) is 0 Å². The molecule has 0 aliphatic rings. The normalized spacial score (nSPS) is 11.0. The van der Waals surface area contributed by atoms with Crippen LogP contribution in [0, 0.1) is 11.3 Å². The van der Waals surface area contributed by atoms with E-state index in [0.29, 0.717) is 16.3 Å². The summed E-state index contributed by atoms with van der Waals surface area (Å²) in [6.45, 7) is -3.04. The minimum absolute atomic E-state index is 0.165. The van der Waals surface area contributed by atoms with E-state index in [1.165, 1.54) is 24.4 Å². The van der Waals surface area contributed by atoms with Crippen molar-refractivity contribution < 1.29 is 18.6 Å². The summed E-state index contributed by atoms with van der Waals surface area (Å²) in [6.07, 6.45) is 1.34. The van der Waals surface area contributed by atoms with E-state index in [9.17, 15) is 19.1 Å². The van der Waals surface area contributed by atoms with Gasteiger partial charge in [-0.05, 0) is 42.0 Å². The molecule has 1 aromatic heterocycles. The number of hydrogen-bond acceptors (Lipinski definition) is 6. The second-order valence-corrected chi connectivity index (χ2v) is 5.84. The van der Waals surface area contributed by atoms with Gasteiger partial charge in [0.25, 0.3) is 0 Å². The van der Waals surface area contributed by atoms with Crippen molar-refractivity contribution in [2.45, 2.75) is 6.61 Å². The number of halogens is 3. The van der Waals surface area contributed by atoms with Gasteiger partial charge in [-0.3, -0.25) is 5.10 Å². The summed E-state index contributed by atoms with van der Waals surface area (Å²) >= 11 is 5.93. The first kappa shape index (κ1) is 19.1.